The van der Waals surface area contributed by atoms with E-state index in [1.54, 1.807) is 0 Å². The summed E-state index contributed by atoms with van der Waals surface area (Å²) in [6.45, 7) is 4.47. The molecule has 0 radical (unpaired) electrons. The summed E-state index contributed by atoms with van der Waals surface area (Å²) in [5.41, 5.74) is 0. The summed E-state index contributed by atoms with van der Waals surface area (Å²) in [6.07, 6.45) is 40.0. The number of phosphoric acid groups is 1. The third-order valence-electron chi connectivity index (χ3n) is 10.6. The maximum atomic E-state index is 12.7. The van der Waals surface area contributed by atoms with Crippen LogP contribution in [0.4, 0.5) is 0 Å². The third kappa shape index (κ3) is 42.6. The zero-order valence-corrected chi connectivity index (χ0v) is 38.5. The summed E-state index contributed by atoms with van der Waals surface area (Å²) in [5, 5.41) is 0. The number of hydrogen-bond donors (Lipinski definition) is 1. The van der Waals surface area contributed by atoms with Crippen LogP contribution in [0.1, 0.15) is 232 Å². The first-order valence-corrected chi connectivity index (χ1v) is 25.3. The molecule has 0 aromatic carbocycles. The molecular weight excluding hydrogens is 725 g/mol. The van der Waals surface area contributed by atoms with Crippen LogP contribution in [0.25, 0.3) is 0 Å². The van der Waals surface area contributed by atoms with Crippen molar-refractivity contribution in [3.05, 3.63) is 0 Å². The summed E-state index contributed by atoms with van der Waals surface area (Å²) < 4.78 is 34.4. The predicted octanol–water partition coefficient (Wildman–Crippen LogP) is 13.6. The molecule has 0 aliphatic heterocycles. The average molecular weight is 819 g/mol. The topological polar surface area (TPSA) is 108 Å². The Hall–Kier alpha value is -0.990. The van der Waals surface area contributed by atoms with Gasteiger partial charge in [-0.2, -0.15) is 0 Å². The molecule has 2 atom stereocenters. The highest BCUT2D eigenvalue weighted by Gasteiger charge is 2.27. The quantitative estimate of drug-likeness (QED) is 0.0280. The van der Waals surface area contributed by atoms with Gasteiger partial charge in [-0.1, -0.05) is 206 Å². The molecule has 9 nitrogen and oxygen atoms in total. The molecular formula is C46H93NO8P+. The number of unbranched alkanes of at least 4 members (excludes halogenated alkanes) is 30. The van der Waals surface area contributed by atoms with E-state index in [-0.39, 0.29) is 25.6 Å². The van der Waals surface area contributed by atoms with Gasteiger partial charge in [-0.25, -0.2) is 4.57 Å². The lowest BCUT2D eigenvalue weighted by atomic mass is 10.0. The number of phosphoric ester groups is 1. The molecule has 0 saturated heterocycles. The molecule has 334 valence electrons. The predicted molar refractivity (Wildman–Crippen MR) is 234 cm³/mol. The van der Waals surface area contributed by atoms with E-state index in [9.17, 15) is 19.0 Å². The molecule has 0 bridgehead atoms. The maximum absolute atomic E-state index is 12.7. The van der Waals surface area contributed by atoms with Crippen molar-refractivity contribution in [3.63, 3.8) is 0 Å². The number of rotatable bonds is 44. The molecule has 0 aliphatic carbocycles. The van der Waals surface area contributed by atoms with Gasteiger partial charge in [0.1, 0.15) is 19.8 Å². The van der Waals surface area contributed by atoms with Gasteiger partial charge in [-0.05, 0) is 12.8 Å². The first-order chi connectivity index (χ1) is 27.0. The van der Waals surface area contributed by atoms with E-state index in [0.29, 0.717) is 17.4 Å². The molecule has 56 heavy (non-hydrogen) atoms. The number of quaternary nitrogens is 1. The molecule has 1 N–H and O–H groups in total. The smallest absolute Gasteiger partial charge is 0.462 e. The van der Waals surface area contributed by atoms with Crippen molar-refractivity contribution in [1.29, 1.82) is 0 Å². The molecule has 0 aromatic heterocycles. The van der Waals surface area contributed by atoms with Crippen molar-refractivity contribution in [2.24, 2.45) is 0 Å². The largest absolute Gasteiger partial charge is 0.472 e. The molecule has 0 fully saturated rings. The van der Waals surface area contributed by atoms with Crippen molar-refractivity contribution in [2.45, 2.75) is 238 Å². The molecule has 0 heterocycles. The first-order valence-electron chi connectivity index (χ1n) is 23.8. The molecule has 0 saturated carbocycles. The molecule has 0 aliphatic rings. The second-order valence-electron chi connectivity index (χ2n) is 17.5. The van der Waals surface area contributed by atoms with Gasteiger partial charge in [-0.15, -0.1) is 0 Å². The Labute approximate surface area is 346 Å². The van der Waals surface area contributed by atoms with Crippen molar-refractivity contribution < 1.29 is 42.1 Å². The number of ether oxygens (including phenoxy) is 2. The normalized spacial score (nSPS) is 13.5. The van der Waals surface area contributed by atoms with E-state index < -0.39 is 26.5 Å². The van der Waals surface area contributed by atoms with E-state index in [1.165, 1.54) is 167 Å². The van der Waals surface area contributed by atoms with E-state index in [2.05, 4.69) is 13.8 Å². The van der Waals surface area contributed by atoms with Crippen molar-refractivity contribution in [2.75, 3.05) is 47.5 Å². The fraction of sp³-hybridized carbons (Fsp3) is 0.957. The van der Waals surface area contributed by atoms with Gasteiger partial charge in [0.2, 0.25) is 0 Å². The van der Waals surface area contributed by atoms with Crippen LogP contribution in [0.3, 0.4) is 0 Å². The second kappa shape index (κ2) is 39.5. The molecule has 0 rings (SSSR count). The minimum Gasteiger partial charge on any atom is -0.462 e. The first kappa shape index (κ1) is 55.0. The Morgan fingerprint density at radius 2 is 0.804 bits per heavy atom. The van der Waals surface area contributed by atoms with Crippen LogP contribution >= 0.6 is 7.82 Å². The SMILES string of the molecule is CCCCCCCCCCCCCCCCCCC(=O)OC[C@H](COP(=O)(O)OCC[N+](C)(C)C)OC(=O)CCCCCCCCCCCCCCCCCC. The lowest BCUT2D eigenvalue weighted by molar-refractivity contribution is -0.870. The molecule has 0 spiro atoms. The maximum Gasteiger partial charge on any atom is 0.472 e. The van der Waals surface area contributed by atoms with E-state index in [0.717, 1.165) is 38.5 Å². The van der Waals surface area contributed by atoms with Gasteiger partial charge in [0.15, 0.2) is 6.10 Å². The molecule has 1 unspecified atom stereocenters. The summed E-state index contributed by atoms with van der Waals surface area (Å²) in [7, 11) is 1.49. The lowest BCUT2D eigenvalue weighted by Gasteiger charge is -2.24. The minimum atomic E-state index is -4.37. The summed E-state index contributed by atoms with van der Waals surface area (Å²) in [6, 6.07) is 0. The van der Waals surface area contributed by atoms with Crippen LogP contribution in [0.2, 0.25) is 0 Å². The Morgan fingerprint density at radius 1 is 0.482 bits per heavy atom. The van der Waals surface area contributed by atoms with Gasteiger partial charge in [0, 0.05) is 12.8 Å². The van der Waals surface area contributed by atoms with Gasteiger partial charge < -0.3 is 18.9 Å². The van der Waals surface area contributed by atoms with Crippen LogP contribution in [0.15, 0.2) is 0 Å². The van der Waals surface area contributed by atoms with Crippen molar-refractivity contribution in [3.8, 4) is 0 Å². The summed E-state index contributed by atoms with van der Waals surface area (Å²) in [5.74, 6) is -0.780. The van der Waals surface area contributed by atoms with Crippen molar-refractivity contribution >= 4 is 19.8 Å². The number of nitrogens with zero attached hydrogens (tertiary/aromatic N) is 1. The Morgan fingerprint density at radius 3 is 1.14 bits per heavy atom. The summed E-state index contributed by atoms with van der Waals surface area (Å²) >= 11 is 0. The zero-order valence-electron chi connectivity index (χ0n) is 37.6. The van der Waals surface area contributed by atoms with Gasteiger partial charge in [-0.3, -0.25) is 18.6 Å². The monoisotopic (exact) mass is 819 g/mol. The fourth-order valence-corrected chi connectivity index (χ4v) is 7.64. The van der Waals surface area contributed by atoms with Crippen LogP contribution in [-0.4, -0.2) is 74.9 Å². The van der Waals surface area contributed by atoms with Crippen LogP contribution in [-0.2, 0) is 32.7 Å². The summed E-state index contributed by atoms with van der Waals surface area (Å²) in [4.78, 5) is 35.4. The lowest BCUT2D eigenvalue weighted by Crippen LogP contribution is -2.37. The minimum absolute atomic E-state index is 0.0370. The molecule has 10 heteroatoms. The van der Waals surface area contributed by atoms with Gasteiger partial charge >= 0.3 is 19.8 Å². The second-order valence-corrected chi connectivity index (χ2v) is 19.0. The molecule has 0 amide bonds. The van der Waals surface area contributed by atoms with Crippen LogP contribution < -0.4 is 0 Å². The highest BCUT2D eigenvalue weighted by molar-refractivity contribution is 7.47. The van der Waals surface area contributed by atoms with E-state index in [1.807, 2.05) is 21.1 Å². The highest BCUT2D eigenvalue weighted by atomic mass is 31.2. The fourth-order valence-electron chi connectivity index (χ4n) is 6.90. The van der Waals surface area contributed by atoms with Gasteiger partial charge in [0.25, 0.3) is 0 Å². The standard InChI is InChI=1S/C46H92NO8P/c1-6-8-10-12-14-16-18-20-22-24-26-28-30-32-34-36-38-45(48)52-42-44(43-54-56(50,51)53-41-40-47(3,4)5)55-46(49)39-37-35-33-31-29-27-25-23-21-19-17-15-13-11-9-7-2/h44H,6-43H2,1-5H3/p+1/t44-/m1/s1. The Balaban J connectivity index is 4.26. The number of carbonyl (C=O) groups excluding carboxylic acids is 2. The van der Waals surface area contributed by atoms with Crippen LogP contribution in [0.5, 0.6) is 0 Å². The number of likely N-dealkylation sites (N-methyl/N-ethyl adjacent to an activating group) is 1. The average Bonchev–Trinajstić information content (AvgIpc) is 3.15. The Kier molecular flexibility index (Phi) is 38.8. The van der Waals surface area contributed by atoms with E-state index >= 15 is 0 Å². The third-order valence-corrected chi connectivity index (χ3v) is 11.6. The number of carbonyl (C=O) groups is 2. The number of hydrogen-bond acceptors (Lipinski definition) is 7. The van der Waals surface area contributed by atoms with Crippen molar-refractivity contribution in [1.82, 2.24) is 0 Å². The van der Waals surface area contributed by atoms with E-state index in [4.69, 9.17) is 18.5 Å². The number of esters is 2. The molecule has 0 aromatic rings. The van der Waals surface area contributed by atoms with Crippen LogP contribution in [0, 0.1) is 0 Å². The van der Waals surface area contributed by atoms with Gasteiger partial charge in [0.05, 0.1) is 27.7 Å². The Bertz CT molecular complexity index is 927. The zero-order chi connectivity index (χ0) is 41.4. The highest BCUT2D eigenvalue weighted by Crippen LogP contribution is 2.43.